The highest BCUT2D eigenvalue weighted by Crippen LogP contribution is 2.29. The van der Waals surface area contributed by atoms with Gasteiger partial charge in [0.15, 0.2) is 0 Å². The molecule has 0 saturated carbocycles. The molecule has 0 fully saturated rings. The normalized spacial score (nSPS) is 16.7. The number of carbonyl (C=O) groups is 2. The molecule has 0 atom stereocenters. The van der Waals surface area contributed by atoms with E-state index in [2.05, 4.69) is 29.5 Å². The number of hydrogen-bond acceptors (Lipinski definition) is 3. The maximum absolute atomic E-state index is 13.0. The number of carbonyl (C=O) groups excluding carboxylic acids is 2. The lowest BCUT2D eigenvalue weighted by Crippen LogP contribution is -2.33. The van der Waals surface area contributed by atoms with Crippen molar-refractivity contribution < 1.29 is 9.59 Å². The zero-order valence-corrected chi connectivity index (χ0v) is 15.1. The Morgan fingerprint density at radius 2 is 1.78 bits per heavy atom. The number of fused-ring (bicyclic) bond motifs is 1. The van der Waals surface area contributed by atoms with Crippen LogP contribution in [0.4, 0.5) is 5.69 Å². The first-order valence-corrected chi connectivity index (χ1v) is 9.18. The summed E-state index contributed by atoms with van der Waals surface area (Å²) in [5.41, 5.74) is 4.23. The third-order valence-electron chi connectivity index (χ3n) is 4.75. The van der Waals surface area contributed by atoms with Gasteiger partial charge in [-0.25, -0.2) is 0 Å². The number of hydrogen-bond donors (Lipinski definition) is 0. The summed E-state index contributed by atoms with van der Waals surface area (Å²) in [5.74, 6) is -0.642. The zero-order chi connectivity index (χ0) is 19.1. The molecule has 0 radical (unpaired) electrons. The van der Waals surface area contributed by atoms with Gasteiger partial charge in [0, 0.05) is 18.0 Å². The summed E-state index contributed by atoms with van der Waals surface area (Å²) in [6.45, 7) is 0.516. The lowest BCUT2D eigenvalue weighted by Gasteiger charge is -2.27. The van der Waals surface area contributed by atoms with E-state index in [-0.39, 0.29) is 12.3 Å². The van der Waals surface area contributed by atoms with Crippen LogP contribution in [0.1, 0.15) is 37.7 Å². The van der Waals surface area contributed by atoms with Gasteiger partial charge in [-0.3, -0.25) is 9.59 Å². The molecule has 1 aromatic rings. The number of benzene rings is 1. The maximum Gasteiger partial charge on any atom is 0.286 e. The van der Waals surface area contributed by atoms with Crippen LogP contribution in [0.2, 0.25) is 0 Å². The minimum Gasteiger partial charge on any atom is -0.307 e. The molecule has 1 heterocycles. The fourth-order valence-corrected chi connectivity index (χ4v) is 3.29. The molecule has 1 aliphatic heterocycles. The standard InChI is InChI=1S/C22H22N2O3/c25-21(23-27)12-6-7-13-22(26)24-16-19-10-3-1-2-8-17(19)14-15-18-9-4-5-11-20(18)24/h1-5,9-11,14-15H,6-8,12-13,16H2/b15-14-. The Labute approximate surface area is 158 Å². The molecule has 0 spiro atoms. The third kappa shape index (κ3) is 4.76. The minimum absolute atomic E-state index is 0.0155. The van der Waals surface area contributed by atoms with Crippen molar-refractivity contribution >= 4 is 23.6 Å². The lowest BCUT2D eigenvalue weighted by atomic mass is 9.99. The number of amides is 2. The minimum atomic E-state index is -0.657. The van der Waals surface area contributed by atoms with E-state index in [4.69, 9.17) is 0 Å². The van der Waals surface area contributed by atoms with E-state index in [1.165, 1.54) is 5.57 Å². The smallest absolute Gasteiger partial charge is 0.286 e. The van der Waals surface area contributed by atoms with Crippen LogP contribution in [-0.2, 0) is 9.59 Å². The Morgan fingerprint density at radius 1 is 0.963 bits per heavy atom. The van der Waals surface area contributed by atoms with Gasteiger partial charge in [0.25, 0.3) is 5.91 Å². The fraction of sp³-hybridized carbons (Fsp3) is 0.273. The molecule has 0 N–H and O–H groups in total. The van der Waals surface area contributed by atoms with Crippen molar-refractivity contribution in [1.29, 1.82) is 0 Å². The van der Waals surface area contributed by atoms with Crippen LogP contribution in [0.3, 0.4) is 0 Å². The number of unbranched alkanes of at least 4 members (excludes halogenated alkanes) is 1. The number of allylic oxidation sites excluding steroid dienone is 5. The third-order valence-corrected chi connectivity index (χ3v) is 4.75. The molecule has 2 aliphatic rings. The summed E-state index contributed by atoms with van der Waals surface area (Å²) in [5, 5.41) is 2.39. The molecule has 5 nitrogen and oxygen atoms in total. The highest BCUT2D eigenvalue weighted by molar-refractivity contribution is 5.96. The van der Waals surface area contributed by atoms with Crippen molar-refractivity contribution in [3.05, 3.63) is 76.3 Å². The molecular weight excluding hydrogens is 340 g/mol. The predicted molar refractivity (Wildman–Crippen MR) is 107 cm³/mol. The van der Waals surface area contributed by atoms with Crippen LogP contribution in [-0.4, -0.2) is 18.4 Å². The molecular formula is C22H22N2O3. The second kappa shape index (κ2) is 9.03. The highest BCUT2D eigenvalue weighted by Gasteiger charge is 2.21. The second-order valence-corrected chi connectivity index (χ2v) is 6.61. The van der Waals surface area contributed by atoms with Crippen molar-refractivity contribution in [2.45, 2.75) is 32.1 Å². The molecule has 1 aliphatic carbocycles. The van der Waals surface area contributed by atoms with E-state index in [9.17, 15) is 14.5 Å². The SMILES string of the molecule is O=NC(=O)CCCCC(=O)N1CC2=C(/C=C\c3ccccc31)CC=CC=C2. The van der Waals surface area contributed by atoms with Gasteiger partial charge in [-0.05, 0) is 42.0 Å². The summed E-state index contributed by atoms with van der Waals surface area (Å²) in [6, 6.07) is 7.87. The van der Waals surface area contributed by atoms with Gasteiger partial charge in [0.05, 0.1) is 12.2 Å². The largest absolute Gasteiger partial charge is 0.307 e. The van der Waals surface area contributed by atoms with Crippen molar-refractivity contribution in [2.75, 3.05) is 11.4 Å². The first-order chi connectivity index (χ1) is 13.2. The molecule has 0 unspecified atom stereocenters. The van der Waals surface area contributed by atoms with Crippen LogP contribution in [0.5, 0.6) is 0 Å². The van der Waals surface area contributed by atoms with E-state index in [1.54, 1.807) is 0 Å². The Balaban J connectivity index is 1.81. The van der Waals surface area contributed by atoms with Gasteiger partial charge in [-0.1, -0.05) is 54.7 Å². The Kier molecular flexibility index (Phi) is 6.26. The number of anilines is 1. The molecule has 3 rings (SSSR count). The molecule has 27 heavy (non-hydrogen) atoms. The average molecular weight is 362 g/mol. The van der Waals surface area contributed by atoms with E-state index in [0.29, 0.717) is 25.8 Å². The second-order valence-electron chi connectivity index (χ2n) is 6.61. The maximum atomic E-state index is 13.0. The Bertz CT molecular complexity index is 862. The van der Waals surface area contributed by atoms with Gasteiger partial charge in [0.2, 0.25) is 5.91 Å². The molecule has 5 heteroatoms. The summed E-state index contributed by atoms with van der Waals surface area (Å²) >= 11 is 0. The summed E-state index contributed by atoms with van der Waals surface area (Å²) in [6.07, 6.45) is 14.7. The van der Waals surface area contributed by atoms with E-state index in [1.807, 2.05) is 41.3 Å². The predicted octanol–water partition coefficient (Wildman–Crippen LogP) is 4.71. The van der Waals surface area contributed by atoms with Crippen molar-refractivity contribution in [3.63, 3.8) is 0 Å². The van der Waals surface area contributed by atoms with Crippen LogP contribution in [0, 0.1) is 4.91 Å². The number of rotatable bonds is 5. The van der Waals surface area contributed by atoms with Crippen LogP contribution in [0.25, 0.3) is 6.08 Å². The monoisotopic (exact) mass is 362 g/mol. The fourth-order valence-electron chi connectivity index (χ4n) is 3.29. The van der Waals surface area contributed by atoms with Crippen molar-refractivity contribution in [2.24, 2.45) is 5.18 Å². The summed E-state index contributed by atoms with van der Waals surface area (Å²) in [4.78, 5) is 35.9. The molecule has 0 saturated heterocycles. The van der Waals surface area contributed by atoms with Crippen LogP contribution in [0.15, 0.2) is 71.0 Å². The molecule has 2 amide bonds. The van der Waals surface area contributed by atoms with E-state index in [0.717, 1.165) is 23.2 Å². The van der Waals surface area contributed by atoms with Gasteiger partial charge in [-0.2, -0.15) is 0 Å². The Hall–Kier alpha value is -3.08. The van der Waals surface area contributed by atoms with Gasteiger partial charge in [0.1, 0.15) is 0 Å². The summed E-state index contributed by atoms with van der Waals surface area (Å²) < 4.78 is 0. The van der Waals surface area contributed by atoms with Gasteiger partial charge >= 0.3 is 0 Å². The molecule has 0 aromatic heterocycles. The quantitative estimate of drug-likeness (QED) is 0.562. The van der Waals surface area contributed by atoms with Crippen molar-refractivity contribution in [3.8, 4) is 0 Å². The first-order valence-electron chi connectivity index (χ1n) is 9.18. The Morgan fingerprint density at radius 3 is 2.63 bits per heavy atom. The zero-order valence-electron chi connectivity index (χ0n) is 15.1. The number of nitrogens with zero attached hydrogens (tertiary/aromatic N) is 2. The lowest BCUT2D eigenvalue weighted by molar-refractivity contribution is -0.120. The summed E-state index contributed by atoms with van der Waals surface area (Å²) in [7, 11) is 0. The first kappa shape index (κ1) is 18.7. The highest BCUT2D eigenvalue weighted by atomic mass is 16.3. The van der Waals surface area contributed by atoms with Gasteiger partial charge in [-0.15, -0.1) is 4.91 Å². The molecule has 138 valence electrons. The number of nitroso groups, excluding NO2 is 1. The topological polar surface area (TPSA) is 66.8 Å². The molecule has 0 bridgehead atoms. The van der Waals surface area contributed by atoms with E-state index < -0.39 is 5.91 Å². The number of para-hydroxylation sites is 1. The van der Waals surface area contributed by atoms with E-state index >= 15 is 0 Å². The average Bonchev–Trinajstić information content (AvgIpc) is 2.90. The van der Waals surface area contributed by atoms with Gasteiger partial charge < -0.3 is 4.90 Å². The van der Waals surface area contributed by atoms with Crippen LogP contribution < -0.4 is 4.90 Å². The molecule has 1 aromatic carbocycles. The van der Waals surface area contributed by atoms with Crippen LogP contribution >= 0.6 is 0 Å². The van der Waals surface area contributed by atoms with Crippen molar-refractivity contribution in [1.82, 2.24) is 0 Å².